The number of amides is 1. The summed E-state index contributed by atoms with van der Waals surface area (Å²) < 4.78 is 0. The van der Waals surface area contributed by atoms with Crippen molar-refractivity contribution in [3.05, 3.63) is 77.0 Å². The first-order valence-electron chi connectivity index (χ1n) is 7.90. The molecule has 2 heteroatoms. The van der Waals surface area contributed by atoms with Crippen molar-refractivity contribution >= 4 is 12.0 Å². The molecule has 0 saturated heterocycles. The monoisotopic (exact) mass is 291 g/mol. The zero-order valence-corrected chi connectivity index (χ0v) is 13.0. The molecule has 2 nitrogen and oxygen atoms in total. The molecular weight excluding hydrogens is 270 g/mol. The molecule has 1 aliphatic rings. The number of carbonyl (C=O) groups is 1. The summed E-state index contributed by atoms with van der Waals surface area (Å²) in [6.07, 6.45) is 4.64. The molecule has 0 bridgehead atoms. The Labute approximate surface area is 132 Å². The van der Waals surface area contributed by atoms with Gasteiger partial charge in [-0.25, -0.2) is 0 Å². The molecule has 2 aromatic rings. The van der Waals surface area contributed by atoms with E-state index in [1.165, 1.54) is 16.7 Å². The summed E-state index contributed by atoms with van der Waals surface area (Å²) in [5.41, 5.74) is 4.92. The van der Waals surface area contributed by atoms with Crippen molar-refractivity contribution < 1.29 is 4.79 Å². The zero-order chi connectivity index (χ0) is 15.4. The van der Waals surface area contributed by atoms with Gasteiger partial charge in [0.25, 0.3) is 0 Å². The van der Waals surface area contributed by atoms with Crippen molar-refractivity contribution in [2.45, 2.75) is 32.7 Å². The van der Waals surface area contributed by atoms with Crippen molar-refractivity contribution in [1.29, 1.82) is 0 Å². The standard InChI is InChI=1S/C20H21NO/c1-2-20(22)21(15-16-8-4-3-5-9-16)19-13-12-17-10-6-7-11-18(17)14-19/h3-11,14H,2,12-13,15H2,1H3. The lowest BCUT2D eigenvalue weighted by Gasteiger charge is -2.28. The molecule has 0 spiro atoms. The van der Waals surface area contributed by atoms with E-state index < -0.39 is 0 Å². The molecule has 0 fully saturated rings. The molecule has 0 radical (unpaired) electrons. The summed E-state index contributed by atoms with van der Waals surface area (Å²) in [4.78, 5) is 14.4. The summed E-state index contributed by atoms with van der Waals surface area (Å²) >= 11 is 0. The van der Waals surface area contributed by atoms with E-state index in [1.54, 1.807) is 0 Å². The lowest BCUT2D eigenvalue weighted by molar-refractivity contribution is -0.129. The second kappa shape index (κ2) is 6.61. The van der Waals surface area contributed by atoms with Gasteiger partial charge in [-0.3, -0.25) is 4.79 Å². The topological polar surface area (TPSA) is 20.3 Å². The van der Waals surface area contributed by atoms with Crippen molar-refractivity contribution in [1.82, 2.24) is 4.90 Å². The molecule has 0 heterocycles. The minimum Gasteiger partial charge on any atom is -0.312 e. The molecule has 0 atom stereocenters. The number of rotatable bonds is 4. The first kappa shape index (κ1) is 14.6. The average Bonchev–Trinajstić information content (AvgIpc) is 2.59. The zero-order valence-electron chi connectivity index (χ0n) is 13.0. The Hall–Kier alpha value is -2.35. The fraction of sp³-hybridized carbons (Fsp3) is 0.250. The quantitative estimate of drug-likeness (QED) is 0.817. The summed E-state index contributed by atoms with van der Waals surface area (Å²) in [5.74, 6) is 0.189. The number of fused-ring (bicyclic) bond motifs is 1. The Kier molecular flexibility index (Phi) is 4.38. The van der Waals surface area contributed by atoms with E-state index in [2.05, 4.69) is 42.5 Å². The van der Waals surface area contributed by atoms with Crippen molar-refractivity contribution in [3.8, 4) is 0 Å². The van der Waals surface area contributed by atoms with Crippen LogP contribution in [0, 0.1) is 0 Å². The third-order valence-electron chi connectivity index (χ3n) is 4.16. The molecule has 0 saturated carbocycles. The van der Waals surface area contributed by atoms with Crippen LogP contribution in [-0.4, -0.2) is 10.8 Å². The van der Waals surface area contributed by atoms with Gasteiger partial charge in [-0.15, -0.1) is 0 Å². The summed E-state index contributed by atoms with van der Waals surface area (Å²) in [5, 5.41) is 0. The van der Waals surface area contributed by atoms with Gasteiger partial charge < -0.3 is 4.90 Å². The first-order valence-corrected chi connectivity index (χ1v) is 7.90. The van der Waals surface area contributed by atoms with Crippen molar-refractivity contribution in [2.24, 2.45) is 0 Å². The van der Waals surface area contributed by atoms with Gasteiger partial charge in [-0.1, -0.05) is 61.5 Å². The first-order chi connectivity index (χ1) is 10.8. The third-order valence-corrected chi connectivity index (χ3v) is 4.16. The van der Waals surface area contributed by atoms with E-state index >= 15 is 0 Å². The van der Waals surface area contributed by atoms with E-state index in [9.17, 15) is 4.79 Å². The molecule has 0 aromatic heterocycles. The van der Waals surface area contributed by atoms with Gasteiger partial charge in [0.2, 0.25) is 5.91 Å². The van der Waals surface area contributed by atoms with E-state index in [-0.39, 0.29) is 5.91 Å². The maximum atomic E-state index is 12.4. The molecule has 3 rings (SSSR count). The molecule has 0 aliphatic heterocycles. The predicted octanol–water partition coefficient (Wildman–Crippen LogP) is 4.41. The van der Waals surface area contributed by atoms with E-state index in [0.29, 0.717) is 13.0 Å². The van der Waals surface area contributed by atoms with Gasteiger partial charge in [0.05, 0.1) is 6.54 Å². The SMILES string of the molecule is CCC(=O)N(Cc1ccccc1)C1=Cc2ccccc2CC1. The van der Waals surface area contributed by atoms with Gasteiger partial charge in [-0.05, 0) is 35.6 Å². The Bertz CT molecular complexity index is 688. The van der Waals surface area contributed by atoms with Crippen LogP contribution in [0.15, 0.2) is 60.3 Å². The van der Waals surface area contributed by atoms with Gasteiger partial charge in [0.1, 0.15) is 0 Å². The van der Waals surface area contributed by atoms with Crippen LogP contribution in [0.4, 0.5) is 0 Å². The highest BCUT2D eigenvalue weighted by molar-refractivity contribution is 5.79. The highest BCUT2D eigenvalue weighted by atomic mass is 16.2. The lowest BCUT2D eigenvalue weighted by atomic mass is 9.94. The number of nitrogens with zero attached hydrogens (tertiary/aromatic N) is 1. The highest BCUT2D eigenvalue weighted by Gasteiger charge is 2.20. The van der Waals surface area contributed by atoms with E-state index in [0.717, 1.165) is 18.5 Å². The normalized spacial score (nSPS) is 13.2. The van der Waals surface area contributed by atoms with Crippen molar-refractivity contribution in [3.63, 3.8) is 0 Å². The summed E-state index contributed by atoms with van der Waals surface area (Å²) in [6.45, 7) is 2.58. The van der Waals surface area contributed by atoms with E-state index in [4.69, 9.17) is 0 Å². The maximum absolute atomic E-state index is 12.4. The fourth-order valence-corrected chi connectivity index (χ4v) is 2.94. The van der Waals surface area contributed by atoms with Crippen LogP contribution >= 0.6 is 0 Å². The van der Waals surface area contributed by atoms with Gasteiger partial charge in [0.15, 0.2) is 0 Å². The molecule has 2 aromatic carbocycles. The number of allylic oxidation sites excluding steroid dienone is 1. The number of aryl methyl sites for hydroxylation is 1. The fourth-order valence-electron chi connectivity index (χ4n) is 2.94. The molecule has 0 unspecified atom stereocenters. The minimum atomic E-state index is 0.189. The molecule has 0 N–H and O–H groups in total. The molecule has 112 valence electrons. The Morgan fingerprint density at radius 3 is 2.50 bits per heavy atom. The van der Waals surface area contributed by atoms with Crippen LogP contribution < -0.4 is 0 Å². The van der Waals surface area contributed by atoms with Crippen LogP contribution in [0.25, 0.3) is 6.08 Å². The van der Waals surface area contributed by atoms with Crippen LogP contribution in [0.3, 0.4) is 0 Å². The van der Waals surface area contributed by atoms with Crippen LogP contribution in [-0.2, 0) is 17.8 Å². The maximum Gasteiger partial charge on any atom is 0.226 e. The summed E-state index contributed by atoms with van der Waals surface area (Å²) in [6, 6.07) is 18.6. The smallest absolute Gasteiger partial charge is 0.226 e. The largest absolute Gasteiger partial charge is 0.312 e. The van der Waals surface area contributed by atoms with Crippen LogP contribution in [0.5, 0.6) is 0 Å². The molecule has 22 heavy (non-hydrogen) atoms. The van der Waals surface area contributed by atoms with Crippen molar-refractivity contribution in [2.75, 3.05) is 0 Å². The Balaban J connectivity index is 1.90. The Morgan fingerprint density at radius 1 is 1.00 bits per heavy atom. The minimum absolute atomic E-state index is 0.189. The number of hydrogen-bond donors (Lipinski definition) is 0. The number of hydrogen-bond acceptors (Lipinski definition) is 1. The lowest BCUT2D eigenvalue weighted by Crippen LogP contribution is -2.30. The number of benzene rings is 2. The van der Waals surface area contributed by atoms with E-state index in [1.807, 2.05) is 30.0 Å². The average molecular weight is 291 g/mol. The summed E-state index contributed by atoms with van der Waals surface area (Å²) in [7, 11) is 0. The molecule has 1 aliphatic carbocycles. The van der Waals surface area contributed by atoms with Gasteiger partial charge in [-0.2, -0.15) is 0 Å². The second-order valence-corrected chi connectivity index (χ2v) is 5.65. The van der Waals surface area contributed by atoms with Gasteiger partial charge >= 0.3 is 0 Å². The second-order valence-electron chi connectivity index (χ2n) is 5.65. The molecule has 1 amide bonds. The Morgan fingerprint density at radius 2 is 1.73 bits per heavy atom. The number of carbonyl (C=O) groups excluding carboxylic acids is 1. The molecular formula is C20H21NO. The predicted molar refractivity (Wildman–Crippen MR) is 90.0 cm³/mol. The van der Waals surface area contributed by atoms with Crippen LogP contribution in [0.2, 0.25) is 0 Å². The van der Waals surface area contributed by atoms with Gasteiger partial charge in [0, 0.05) is 12.1 Å². The van der Waals surface area contributed by atoms with Crippen LogP contribution in [0.1, 0.15) is 36.5 Å². The highest BCUT2D eigenvalue weighted by Crippen LogP contribution is 2.27. The third kappa shape index (κ3) is 3.11.